The monoisotopic (exact) mass is 272 g/mol. The molecule has 0 aromatic heterocycles. The summed E-state index contributed by atoms with van der Waals surface area (Å²) >= 11 is 0. The standard InChI is InChI=1S/C13H24N2O4/c1-12(2,3)19-11(17)15-7-6-14-9-13(15,4)8-10(16)18-5/h14H,6-9H2,1-5H3. The Hall–Kier alpha value is -1.30. The van der Waals surface area contributed by atoms with E-state index < -0.39 is 11.1 Å². The normalized spacial score (nSPS) is 23.9. The molecule has 0 radical (unpaired) electrons. The second kappa shape index (κ2) is 5.77. The summed E-state index contributed by atoms with van der Waals surface area (Å²) in [5.41, 5.74) is -1.16. The summed E-state index contributed by atoms with van der Waals surface area (Å²) in [5, 5.41) is 3.20. The van der Waals surface area contributed by atoms with E-state index in [1.54, 1.807) is 4.90 Å². The number of hydrogen-bond acceptors (Lipinski definition) is 5. The van der Waals surface area contributed by atoms with Crippen molar-refractivity contribution in [2.75, 3.05) is 26.7 Å². The van der Waals surface area contributed by atoms with Gasteiger partial charge in [-0.3, -0.25) is 9.69 Å². The molecule has 1 atom stereocenters. The number of nitrogens with zero attached hydrogens (tertiary/aromatic N) is 1. The number of hydrogen-bond donors (Lipinski definition) is 1. The lowest BCUT2D eigenvalue weighted by Gasteiger charge is -2.44. The predicted molar refractivity (Wildman–Crippen MR) is 70.8 cm³/mol. The van der Waals surface area contributed by atoms with Crippen LogP contribution in [0.5, 0.6) is 0 Å². The highest BCUT2D eigenvalue weighted by atomic mass is 16.6. The third-order valence-corrected chi connectivity index (χ3v) is 3.04. The molecule has 1 saturated heterocycles. The maximum atomic E-state index is 12.2. The zero-order chi connectivity index (χ0) is 14.7. The van der Waals surface area contributed by atoms with Gasteiger partial charge in [-0.1, -0.05) is 0 Å². The van der Waals surface area contributed by atoms with E-state index in [1.807, 2.05) is 27.7 Å². The fraction of sp³-hybridized carbons (Fsp3) is 0.846. The van der Waals surface area contributed by atoms with Crippen LogP contribution >= 0.6 is 0 Å². The Kier molecular flexibility index (Phi) is 4.79. The molecule has 110 valence electrons. The van der Waals surface area contributed by atoms with E-state index in [1.165, 1.54) is 7.11 Å². The molecule has 1 fully saturated rings. The summed E-state index contributed by atoms with van der Waals surface area (Å²) in [5.74, 6) is -0.334. The number of piperazine rings is 1. The van der Waals surface area contributed by atoms with Gasteiger partial charge in [-0.05, 0) is 27.7 Å². The van der Waals surface area contributed by atoms with Gasteiger partial charge < -0.3 is 14.8 Å². The fourth-order valence-corrected chi connectivity index (χ4v) is 2.08. The molecular weight excluding hydrogens is 248 g/mol. The fourth-order valence-electron chi connectivity index (χ4n) is 2.08. The van der Waals surface area contributed by atoms with Crippen molar-refractivity contribution in [1.82, 2.24) is 10.2 Å². The van der Waals surface area contributed by atoms with Crippen molar-refractivity contribution in [1.29, 1.82) is 0 Å². The van der Waals surface area contributed by atoms with Crippen LogP contribution in [0, 0.1) is 0 Å². The van der Waals surface area contributed by atoms with Gasteiger partial charge in [0.1, 0.15) is 5.60 Å². The van der Waals surface area contributed by atoms with Crippen LogP contribution in [-0.2, 0) is 14.3 Å². The third-order valence-electron chi connectivity index (χ3n) is 3.04. The summed E-state index contributed by atoms with van der Waals surface area (Å²) in [6, 6.07) is 0. The number of carbonyl (C=O) groups excluding carboxylic acids is 2. The van der Waals surface area contributed by atoms with Gasteiger partial charge in [0.15, 0.2) is 0 Å². The lowest BCUT2D eigenvalue weighted by molar-refractivity contribution is -0.143. The van der Waals surface area contributed by atoms with Crippen molar-refractivity contribution in [2.24, 2.45) is 0 Å². The molecular formula is C13H24N2O4. The smallest absolute Gasteiger partial charge is 0.410 e. The van der Waals surface area contributed by atoms with E-state index in [4.69, 9.17) is 9.47 Å². The molecule has 1 amide bonds. The molecule has 0 aliphatic carbocycles. The number of ether oxygens (including phenoxy) is 2. The van der Waals surface area contributed by atoms with Crippen LogP contribution in [0.3, 0.4) is 0 Å². The zero-order valence-corrected chi connectivity index (χ0v) is 12.4. The highest BCUT2D eigenvalue weighted by Crippen LogP contribution is 2.24. The first-order chi connectivity index (χ1) is 8.68. The largest absolute Gasteiger partial charge is 0.469 e. The van der Waals surface area contributed by atoms with Crippen LogP contribution in [0.1, 0.15) is 34.1 Å². The molecule has 1 aliphatic rings. The van der Waals surface area contributed by atoms with Gasteiger partial charge in [-0.25, -0.2) is 4.79 Å². The Morgan fingerprint density at radius 2 is 2.00 bits per heavy atom. The topological polar surface area (TPSA) is 67.9 Å². The number of amides is 1. The molecule has 0 bridgehead atoms. The molecule has 0 aromatic carbocycles. The van der Waals surface area contributed by atoms with Gasteiger partial charge >= 0.3 is 12.1 Å². The van der Waals surface area contributed by atoms with Crippen molar-refractivity contribution < 1.29 is 19.1 Å². The number of nitrogens with one attached hydrogen (secondary N) is 1. The van der Waals surface area contributed by atoms with E-state index in [0.29, 0.717) is 19.6 Å². The molecule has 1 unspecified atom stereocenters. The molecule has 1 heterocycles. The predicted octanol–water partition coefficient (Wildman–Crippen LogP) is 1.15. The van der Waals surface area contributed by atoms with Gasteiger partial charge in [0.2, 0.25) is 0 Å². The minimum Gasteiger partial charge on any atom is -0.469 e. The van der Waals surface area contributed by atoms with E-state index in [-0.39, 0.29) is 18.5 Å². The van der Waals surface area contributed by atoms with E-state index in [2.05, 4.69) is 5.32 Å². The molecule has 6 nitrogen and oxygen atoms in total. The molecule has 0 aromatic rings. The molecule has 1 N–H and O–H groups in total. The zero-order valence-electron chi connectivity index (χ0n) is 12.4. The van der Waals surface area contributed by atoms with Crippen molar-refractivity contribution in [2.45, 2.75) is 45.3 Å². The van der Waals surface area contributed by atoms with E-state index in [9.17, 15) is 9.59 Å². The van der Waals surface area contributed by atoms with E-state index in [0.717, 1.165) is 0 Å². The Morgan fingerprint density at radius 3 is 2.53 bits per heavy atom. The van der Waals surface area contributed by atoms with Crippen molar-refractivity contribution >= 4 is 12.1 Å². The average molecular weight is 272 g/mol. The quantitative estimate of drug-likeness (QED) is 0.764. The summed E-state index contributed by atoms with van der Waals surface area (Å²) in [7, 11) is 1.35. The second-order valence-corrected chi connectivity index (χ2v) is 6.06. The van der Waals surface area contributed by atoms with Gasteiger partial charge in [-0.15, -0.1) is 0 Å². The minimum absolute atomic E-state index is 0.149. The van der Waals surface area contributed by atoms with Crippen LogP contribution in [0.15, 0.2) is 0 Å². The third kappa shape index (κ3) is 4.38. The van der Waals surface area contributed by atoms with Crippen molar-refractivity contribution in [3.8, 4) is 0 Å². The first-order valence-electron chi connectivity index (χ1n) is 6.46. The van der Waals surface area contributed by atoms with Crippen molar-refractivity contribution in [3.05, 3.63) is 0 Å². The molecule has 0 saturated carbocycles. The number of methoxy groups -OCH3 is 1. The summed E-state index contributed by atoms with van der Waals surface area (Å²) in [6.45, 7) is 9.08. The average Bonchev–Trinajstić information content (AvgIpc) is 2.26. The van der Waals surface area contributed by atoms with Gasteiger partial charge in [-0.2, -0.15) is 0 Å². The summed E-state index contributed by atoms with van der Waals surface area (Å²) in [4.78, 5) is 25.3. The molecule has 19 heavy (non-hydrogen) atoms. The molecule has 0 spiro atoms. The van der Waals surface area contributed by atoms with Gasteiger partial charge in [0.05, 0.1) is 19.1 Å². The highest BCUT2D eigenvalue weighted by Gasteiger charge is 2.41. The minimum atomic E-state index is -0.617. The Morgan fingerprint density at radius 1 is 1.37 bits per heavy atom. The number of carbonyl (C=O) groups is 2. The highest BCUT2D eigenvalue weighted by molar-refractivity contribution is 5.74. The molecule has 6 heteroatoms. The second-order valence-electron chi connectivity index (χ2n) is 6.06. The summed E-state index contributed by atoms with van der Waals surface area (Å²) in [6.07, 6.45) is -0.240. The first-order valence-corrected chi connectivity index (χ1v) is 6.46. The molecule has 1 aliphatic heterocycles. The van der Waals surface area contributed by atoms with Crippen molar-refractivity contribution in [3.63, 3.8) is 0 Å². The maximum absolute atomic E-state index is 12.2. The van der Waals surface area contributed by atoms with Crippen LogP contribution in [0.25, 0.3) is 0 Å². The SMILES string of the molecule is COC(=O)CC1(C)CNCCN1C(=O)OC(C)(C)C. The van der Waals surface area contributed by atoms with Crippen LogP contribution < -0.4 is 5.32 Å². The number of esters is 1. The molecule has 1 rings (SSSR count). The van der Waals surface area contributed by atoms with Crippen LogP contribution in [0.2, 0.25) is 0 Å². The van der Waals surface area contributed by atoms with Gasteiger partial charge in [0.25, 0.3) is 0 Å². The lowest BCUT2D eigenvalue weighted by atomic mass is 9.93. The van der Waals surface area contributed by atoms with Gasteiger partial charge in [0, 0.05) is 19.6 Å². The van der Waals surface area contributed by atoms with E-state index >= 15 is 0 Å². The number of rotatable bonds is 2. The van der Waals surface area contributed by atoms with Crippen LogP contribution in [0.4, 0.5) is 4.79 Å². The Balaban J connectivity index is 2.82. The Bertz CT molecular complexity index is 351. The lowest BCUT2D eigenvalue weighted by Crippen LogP contribution is -2.62. The maximum Gasteiger partial charge on any atom is 0.410 e. The first kappa shape index (κ1) is 15.8. The Labute approximate surface area is 114 Å². The van der Waals surface area contributed by atoms with Crippen LogP contribution in [-0.4, -0.2) is 54.8 Å². The summed E-state index contributed by atoms with van der Waals surface area (Å²) < 4.78 is 10.1.